The fourth-order valence-corrected chi connectivity index (χ4v) is 3.80. The minimum atomic E-state index is 0.807. The second kappa shape index (κ2) is 4.24. The van der Waals surface area contributed by atoms with Gasteiger partial charge in [0.15, 0.2) is 0 Å². The van der Waals surface area contributed by atoms with E-state index in [-0.39, 0.29) is 0 Å². The normalized spacial score (nSPS) is 22.7. The van der Waals surface area contributed by atoms with Crippen LogP contribution in [0.1, 0.15) is 34.1 Å². The summed E-state index contributed by atoms with van der Waals surface area (Å²) < 4.78 is 5.49. The summed E-state index contributed by atoms with van der Waals surface area (Å²) in [4.78, 5) is 3.18. The third-order valence-corrected chi connectivity index (χ3v) is 4.79. The highest BCUT2D eigenvalue weighted by Crippen LogP contribution is 2.35. The van der Waals surface area contributed by atoms with Crippen LogP contribution in [0.2, 0.25) is 0 Å². The van der Waals surface area contributed by atoms with Gasteiger partial charge in [-0.25, -0.2) is 0 Å². The van der Waals surface area contributed by atoms with Crippen molar-refractivity contribution < 1.29 is 4.74 Å². The highest BCUT2D eigenvalue weighted by Gasteiger charge is 2.20. The second-order valence-electron chi connectivity index (χ2n) is 4.42. The monoisotopic (exact) mass is 223 g/mol. The molecule has 1 N–H and O–H groups in total. The van der Waals surface area contributed by atoms with E-state index in [0.717, 1.165) is 25.6 Å². The zero-order chi connectivity index (χ0) is 10.1. The molecular weight excluding hydrogens is 206 g/mol. The summed E-state index contributed by atoms with van der Waals surface area (Å²) in [6.45, 7) is 4.13. The Morgan fingerprint density at radius 1 is 1.33 bits per heavy atom. The Balaban J connectivity index is 1.82. The fourth-order valence-electron chi connectivity index (χ4n) is 2.48. The average molecular weight is 223 g/mol. The van der Waals surface area contributed by atoms with E-state index >= 15 is 0 Å². The average Bonchev–Trinajstić information content (AvgIpc) is 2.74. The smallest absolute Gasteiger partial charge is 0.0727 e. The molecule has 0 radical (unpaired) electrons. The van der Waals surface area contributed by atoms with Crippen molar-refractivity contribution in [2.75, 3.05) is 19.7 Å². The van der Waals surface area contributed by atoms with Crippen molar-refractivity contribution in [2.24, 2.45) is 0 Å². The summed E-state index contributed by atoms with van der Waals surface area (Å²) >= 11 is 2.03. The van der Waals surface area contributed by atoms with Gasteiger partial charge in [0.2, 0.25) is 0 Å². The third-order valence-electron chi connectivity index (χ3n) is 3.39. The molecule has 3 heteroatoms. The van der Waals surface area contributed by atoms with E-state index in [1.807, 2.05) is 11.3 Å². The van der Waals surface area contributed by atoms with Gasteiger partial charge in [0.25, 0.3) is 0 Å². The molecule has 0 bridgehead atoms. The first-order chi connectivity index (χ1) is 7.43. The van der Waals surface area contributed by atoms with Crippen LogP contribution in [-0.2, 0) is 17.8 Å². The maximum atomic E-state index is 5.49. The van der Waals surface area contributed by atoms with Gasteiger partial charge in [-0.05, 0) is 43.5 Å². The van der Waals surface area contributed by atoms with Crippen LogP contribution < -0.4 is 5.32 Å². The van der Waals surface area contributed by atoms with Crippen LogP contribution in [0, 0.1) is 0 Å². The van der Waals surface area contributed by atoms with Crippen molar-refractivity contribution in [3.05, 3.63) is 21.4 Å². The number of nitrogens with one attached hydrogen (secondary N) is 1. The van der Waals surface area contributed by atoms with E-state index in [2.05, 4.69) is 11.4 Å². The van der Waals surface area contributed by atoms with E-state index in [1.54, 1.807) is 9.75 Å². The summed E-state index contributed by atoms with van der Waals surface area (Å²) in [6, 6.07) is 2.40. The number of thiophene rings is 1. The molecule has 0 amide bonds. The molecule has 82 valence electrons. The quantitative estimate of drug-likeness (QED) is 0.788. The molecule has 15 heavy (non-hydrogen) atoms. The molecule has 1 aromatic rings. The molecule has 0 atom stereocenters. The minimum absolute atomic E-state index is 0.807. The molecule has 3 heterocycles. The van der Waals surface area contributed by atoms with Gasteiger partial charge in [-0.3, -0.25) is 0 Å². The lowest BCUT2D eigenvalue weighted by molar-refractivity contribution is 0.112. The Morgan fingerprint density at radius 2 is 2.20 bits per heavy atom. The number of hydrogen-bond acceptors (Lipinski definition) is 3. The first-order valence-electron chi connectivity index (χ1n) is 5.83. The van der Waals surface area contributed by atoms with Gasteiger partial charge in [0.1, 0.15) is 0 Å². The Kier molecular flexibility index (Phi) is 2.77. The van der Waals surface area contributed by atoms with Gasteiger partial charge in [-0.15, -0.1) is 11.3 Å². The zero-order valence-corrected chi connectivity index (χ0v) is 9.74. The maximum absolute atomic E-state index is 5.49. The van der Waals surface area contributed by atoms with E-state index in [4.69, 9.17) is 4.74 Å². The van der Waals surface area contributed by atoms with Gasteiger partial charge in [-0.1, -0.05) is 0 Å². The molecule has 0 spiro atoms. The lowest BCUT2D eigenvalue weighted by Crippen LogP contribution is -2.26. The Morgan fingerprint density at radius 3 is 3.00 bits per heavy atom. The lowest BCUT2D eigenvalue weighted by atomic mass is 9.96. The number of hydrogen-bond donors (Lipinski definition) is 1. The second-order valence-corrected chi connectivity index (χ2v) is 5.59. The van der Waals surface area contributed by atoms with Crippen molar-refractivity contribution in [3.63, 3.8) is 0 Å². The van der Waals surface area contributed by atoms with Crippen LogP contribution >= 0.6 is 11.3 Å². The first kappa shape index (κ1) is 9.82. The summed E-state index contributed by atoms with van der Waals surface area (Å²) in [7, 11) is 0. The molecule has 2 aliphatic rings. The summed E-state index contributed by atoms with van der Waals surface area (Å²) in [5.41, 5.74) is 1.46. The van der Waals surface area contributed by atoms with Gasteiger partial charge in [-0.2, -0.15) is 0 Å². The van der Waals surface area contributed by atoms with E-state index in [9.17, 15) is 0 Å². The number of rotatable bonds is 1. The van der Waals surface area contributed by atoms with Crippen molar-refractivity contribution in [2.45, 2.75) is 31.8 Å². The fraction of sp³-hybridized carbons (Fsp3) is 0.667. The van der Waals surface area contributed by atoms with Crippen LogP contribution in [0.3, 0.4) is 0 Å². The zero-order valence-electron chi connectivity index (χ0n) is 8.92. The standard InChI is InChI=1S/C12H17NOS/c1-4-13-5-2-9(1)12-7-10-8-14-6-3-11(10)15-12/h7,9,13H,1-6,8H2. The molecule has 2 nitrogen and oxygen atoms in total. The number of fused-ring (bicyclic) bond motifs is 1. The van der Waals surface area contributed by atoms with Crippen LogP contribution in [-0.4, -0.2) is 19.7 Å². The molecule has 1 fully saturated rings. The lowest BCUT2D eigenvalue weighted by Gasteiger charge is -2.21. The van der Waals surface area contributed by atoms with E-state index < -0.39 is 0 Å². The molecule has 0 unspecified atom stereocenters. The van der Waals surface area contributed by atoms with Crippen molar-refractivity contribution in [3.8, 4) is 0 Å². The minimum Gasteiger partial charge on any atom is -0.376 e. The topological polar surface area (TPSA) is 21.3 Å². The van der Waals surface area contributed by atoms with Crippen LogP contribution in [0.15, 0.2) is 6.07 Å². The van der Waals surface area contributed by atoms with Crippen LogP contribution in [0.5, 0.6) is 0 Å². The highest BCUT2D eigenvalue weighted by molar-refractivity contribution is 7.12. The molecule has 1 saturated heterocycles. The van der Waals surface area contributed by atoms with Crippen LogP contribution in [0.4, 0.5) is 0 Å². The summed E-state index contributed by atoms with van der Waals surface area (Å²) in [5.74, 6) is 0.807. The summed E-state index contributed by atoms with van der Waals surface area (Å²) in [5, 5.41) is 3.43. The van der Waals surface area contributed by atoms with Crippen molar-refractivity contribution in [1.29, 1.82) is 0 Å². The van der Waals surface area contributed by atoms with E-state index in [1.165, 1.54) is 31.5 Å². The Hall–Kier alpha value is -0.380. The SMILES string of the molecule is c1c(C2CCNCC2)sc2c1COCC2. The Bertz CT molecular complexity index is 318. The molecule has 0 saturated carbocycles. The summed E-state index contributed by atoms with van der Waals surface area (Å²) in [6.07, 6.45) is 3.74. The molecule has 1 aromatic heterocycles. The largest absolute Gasteiger partial charge is 0.376 e. The molecular formula is C12H17NOS. The maximum Gasteiger partial charge on any atom is 0.0727 e. The molecule has 0 aliphatic carbocycles. The number of ether oxygens (including phenoxy) is 1. The van der Waals surface area contributed by atoms with Gasteiger partial charge in [0.05, 0.1) is 13.2 Å². The predicted octanol–water partition coefficient (Wildman–Crippen LogP) is 2.29. The molecule has 2 aliphatic heterocycles. The molecule has 3 rings (SSSR count). The van der Waals surface area contributed by atoms with E-state index in [0.29, 0.717) is 0 Å². The van der Waals surface area contributed by atoms with Crippen LogP contribution in [0.25, 0.3) is 0 Å². The molecule has 0 aromatic carbocycles. The van der Waals surface area contributed by atoms with Crippen molar-refractivity contribution >= 4 is 11.3 Å². The predicted molar refractivity (Wildman–Crippen MR) is 62.5 cm³/mol. The van der Waals surface area contributed by atoms with Gasteiger partial charge < -0.3 is 10.1 Å². The highest BCUT2D eigenvalue weighted by atomic mass is 32.1. The van der Waals surface area contributed by atoms with Gasteiger partial charge >= 0.3 is 0 Å². The Labute approximate surface area is 94.6 Å². The number of piperidine rings is 1. The van der Waals surface area contributed by atoms with Gasteiger partial charge in [0, 0.05) is 16.2 Å². The van der Waals surface area contributed by atoms with Crippen molar-refractivity contribution in [1.82, 2.24) is 5.32 Å². The first-order valence-corrected chi connectivity index (χ1v) is 6.65. The third kappa shape index (κ3) is 1.96.